The number of fused-ring (bicyclic) bond motifs is 1. The van der Waals surface area contributed by atoms with Crippen LogP contribution < -0.4 is 24.4 Å². The fraction of sp³-hybridized carbons (Fsp3) is 0.108. The van der Waals surface area contributed by atoms with E-state index < -0.39 is 17.8 Å². The Morgan fingerprint density at radius 3 is 2.30 bits per heavy atom. The smallest absolute Gasteiger partial charge is 0.335 e. The molecule has 1 heterocycles. The van der Waals surface area contributed by atoms with Crippen LogP contribution in [0.3, 0.4) is 0 Å². The molecule has 1 aliphatic rings. The molecule has 0 bridgehead atoms. The van der Waals surface area contributed by atoms with Gasteiger partial charge in [-0.05, 0) is 99.5 Å². The van der Waals surface area contributed by atoms with Crippen LogP contribution >= 0.6 is 22.6 Å². The van der Waals surface area contributed by atoms with Crippen LogP contribution in [0.5, 0.6) is 17.2 Å². The number of nitrogens with zero attached hydrogens (tertiary/aromatic N) is 1. The molecule has 0 unspecified atom stereocenters. The molecule has 230 valence electrons. The number of anilines is 1. The number of ether oxygens (including phenoxy) is 3. The van der Waals surface area contributed by atoms with Crippen LogP contribution in [0.1, 0.15) is 23.6 Å². The van der Waals surface area contributed by atoms with Gasteiger partial charge in [0.2, 0.25) is 0 Å². The Labute approximate surface area is 279 Å². The zero-order valence-electron chi connectivity index (χ0n) is 24.9. The Bertz CT molecular complexity index is 1950. The maximum atomic E-state index is 13.6. The zero-order valence-corrected chi connectivity index (χ0v) is 27.0. The van der Waals surface area contributed by atoms with Crippen molar-refractivity contribution >= 4 is 63.0 Å². The highest BCUT2D eigenvalue weighted by atomic mass is 127. The van der Waals surface area contributed by atoms with Gasteiger partial charge >= 0.3 is 6.03 Å². The molecule has 0 saturated carbocycles. The van der Waals surface area contributed by atoms with E-state index in [1.54, 1.807) is 36.4 Å². The minimum Gasteiger partial charge on any atom is -0.490 e. The van der Waals surface area contributed by atoms with Crippen LogP contribution in [-0.2, 0) is 22.8 Å². The number of imide groups is 2. The van der Waals surface area contributed by atoms with E-state index in [0.29, 0.717) is 48.3 Å². The summed E-state index contributed by atoms with van der Waals surface area (Å²) in [7, 11) is 0. The standard InChI is InChI=1S/C37H29IN2O6/c1-2-44-33-21-25(20-32(38)34(33)46-23-27-13-8-12-26-11-6-7-14-30(26)27)19-31-35(41)39-37(43)40(36(31)42)28-15-17-29(18-16-28)45-22-24-9-4-3-5-10-24/h3-21H,2,22-23H2,1H3,(H,39,41,43)/b31-19+. The summed E-state index contributed by atoms with van der Waals surface area (Å²) in [6.45, 7) is 2.95. The van der Waals surface area contributed by atoms with Crippen molar-refractivity contribution in [1.82, 2.24) is 5.32 Å². The first-order valence-electron chi connectivity index (χ1n) is 14.7. The number of barbiturate groups is 1. The Hall–Kier alpha value is -5.16. The number of carbonyl (C=O) groups excluding carboxylic acids is 3. The molecule has 6 rings (SSSR count). The summed E-state index contributed by atoms with van der Waals surface area (Å²) in [6.07, 6.45) is 1.45. The van der Waals surface area contributed by atoms with E-state index in [-0.39, 0.29) is 5.57 Å². The van der Waals surface area contributed by atoms with Gasteiger partial charge in [-0.25, -0.2) is 9.69 Å². The lowest BCUT2D eigenvalue weighted by molar-refractivity contribution is -0.122. The fourth-order valence-electron chi connectivity index (χ4n) is 5.13. The van der Waals surface area contributed by atoms with Crippen molar-refractivity contribution in [3.05, 3.63) is 135 Å². The predicted octanol–water partition coefficient (Wildman–Crippen LogP) is 7.67. The highest BCUT2D eigenvalue weighted by Gasteiger charge is 2.37. The first-order chi connectivity index (χ1) is 22.4. The number of halogens is 1. The summed E-state index contributed by atoms with van der Waals surface area (Å²) in [5, 5.41) is 4.51. The molecule has 1 saturated heterocycles. The molecule has 1 fully saturated rings. The lowest BCUT2D eigenvalue weighted by Gasteiger charge is -2.26. The van der Waals surface area contributed by atoms with E-state index in [1.165, 1.54) is 6.08 Å². The number of nitrogens with one attached hydrogen (secondary N) is 1. The van der Waals surface area contributed by atoms with Crippen molar-refractivity contribution in [3.63, 3.8) is 0 Å². The fourth-order valence-corrected chi connectivity index (χ4v) is 5.91. The molecule has 4 amide bonds. The number of hydrogen-bond acceptors (Lipinski definition) is 6. The van der Waals surface area contributed by atoms with Crippen molar-refractivity contribution in [1.29, 1.82) is 0 Å². The topological polar surface area (TPSA) is 94.2 Å². The van der Waals surface area contributed by atoms with Crippen LogP contribution in [0.15, 0.2) is 115 Å². The predicted molar refractivity (Wildman–Crippen MR) is 185 cm³/mol. The van der Waals surface area contributed by atoms with E-state index in [9.17, 15) is 14.4 Å². The summed E-state index contributed by atoms with van der Waals surface area (Å²) < 4.78 is 18.8. The van der Waals surface area contributed by atoms with Crippen LogP contribution in [0, 0.1) is 3.57 Å². The van der Waals surface area contributed by atoms with Crippen LogP contribution in [0.2, 0.25) is 0 Å². The van der Waals surface area contributed by atoms with Gasteiger partial charge < -0.3 is 14.2 Å². The largest absolute Gasteiger partial charge is 0.490 e. The number of urea groups is 1. The Kier molecular flexibility index (Phi) is 9.30. The normalized spacial score (nSPS) is 14.0. The lowest BCUT2D eigenvalue weighted by atomic mass is 10.1. The number of amides is 4. The molecule has 5 aromatic rings. The van der Waals surface area contributed by atoms with Crippen molar-refractivity contribution in [2.24, 2.45) is 0 Å². The summed E-state index contributed by atoms with van der Waals surface area (Å²) >= 11 is 2.15. The second kappa shape index (κ2) is 13.9. The molecule has 0 radical (unpaired) electrons. The van der Waals surface area contributed by atoms with Crippen LogP contribution in [0.4, 0.5) is 10.5 Å². The van der Waals surface area contributed by atoms with Gasteiger partial charge in [0.05, 0.1) is 15.9 Å². The molecule has 5 aromatic carbocycles. The molecule has 8 nitrogen and oxygen atoms in total. The Balaban J connectivity index is 1.23. The van der Waals surface area contributed by atoms with Crippen LogP contribution in [-0.4, -0.2) is 24.5 Å². The molecular formula is C37H29IN2O6. The molecule has 46 heavy (non-hydrogen) atoms. The Morgan fingerprint density at radius 1 is 0.783 bits per heavy atom. The van der Waals surface area contributed by atoms with Gasteiger partial charge in [-0.3, -0.25) is 14.9 Å². The van der Waals surface area contributed by atoms with Gasteiger partial charge in [0.15, 0.2) is 11.5 Å². The second-order valence-electron chi connectivity index (χ2n) is 10.4. The summed E-state index contributed by atoms with van der Waals surface area (Å²) in [5.41, 5.74) is 2.70. The van der Waals surface area contributed by atoms with Gasteiger partial charge in [0.25, 0.3) is 11.8 Å². The molecule has 0 aliphatic carbocycles. The monoisotopic (exact) mass is 724 g/mol. The minimum atomic E-state index is -0.827. The number of benzene rings is 5. The van der Waals surface area contributed by atoms with Crippen molar-refractivity contribution in [3.8, 4) is 17.2 Å². The third-order valence-corrected chi connectivity index (χ3v) is 8.14. The van der Waals surface area contributed by atoms with E-state index in [1.807, 2.05) is 61.5 Å². The lowest BCUT2D eigenvalue weighted by Crippen LogP contribution is -2.54. The number of carbonyl (C=O) groups is 3. The van der Waals surface area contributed by atoms with Gasteiger partial charge in [-0.15, -0.1) is 0 Å². The molecule has 0 atom stereocenters. The average Bonchev–Trinajstić information content (AvgIpc) is 3.06. The average molecular weight is 725 g/mol. The summed E-state index contributed by atoms with van der Waals surface area (Å²) in [5.74, 6) is 0.0897. The first kappa shape index (κ1) is 30.8. The number of rotatable bonds is 10. The second-order valence-corrected chi connectivity index (χ2v) is 11.6. The molecule has 1 aliphatic heterocycles. The quantitative estimate of drug-likeness (QED) is 0.0904. The molecule has 0 spiro atoms. The maximum absolute atomic E-state index is 13.6. The van der Waals surface area contributed by atoms with E-state index in [4.69, 9.17) is 14.2 Å². The van der Waals surface area contributed by atoms with Gasteiger partial charge in [0.1, 0.15) is 24.5 Å². The highest BCUT2D eigenvalue weighted by molar-refractivity contribution is 14.1. The summed E-state index contributed by atoms with van der Waals surface area (Å²) in [4.78, 5) is 40.2. The SMILES string of the molecule is CCOc1cc(/C=C2\C(=O)NC(=O)N(c3ccc(OCc4ccccc4)cc3)C2=O)cc(I)c1OCc1cccc2ccccc12. The van der Waals surface area contributed by atoms with Gasteiger partial charge in [-0.1, -0.05) is 72.8 Å². The maximum Gasteiger partial charge on any atom is 0.335 e. The van der Waals surface area contributed by atoms with E-state index in [0.717, 1.165) is 30.4 Å². The first-order valence-corrected chi connectivity index (χ1v) is 15.7. The molecular weight excluding hydrogens is 695 g/mol. The molecule has 1 N–H and O–H groups in total. The molecule has 9 heteroatoms. The molecule has 0 aromatic heterocycles. The highest BCUT2D eigenvalue weighted by Crippen LogP contribution is 2.36. The van der Waals surface area contributed by atoms with Crippen LogP contribution in [0.25, 0.3) is 16.8 Å². The summed E-state index contributed by atoms with van der Waals surface area (Å²) in [6, 6.07) is 33.2. The van der Waals surface area contributed by atoms with Gasteiger partial charge in [0, 0.05) is 0 Å². The Morgan fingerprint density at radius 2 is 1.52 bits per heavy atom. The third kappa shape index (κ3) is 6.74. The third-order valence-electron chi connectivity index (χ3n) is 7.34. The van der Waals surface area contributed by atoms with E-state index >= 15 is 0 Å². The van der Waals surface area contributed by atoms with Crippen molar-refractivity contribution in [2.75, 3.05) is 11.5 Å². The van der Waals surface area contributed by atoms with E-state index in [2.05, 4.69) is 46.1 Å². The number of hydrogen-bond donors (Lipinski definition) is 1. The van der Waals surface area contributed by atoms with Crippen molar-refractivity contribution < 1.29 is 28.6 Å². The minimum absolute atomic E-state index is 0.188. The zero-order chi connectivity index (χ0) is 32.0. The van der Waals surface area contributed by atoms with Crippen molar-refractivity contribution in [2.45, 2.75) is 20.1 Å². The van der Waals surface area contributed by atoms with Gasteiger partial charge in [-0.2, -0.15) is 0 Å².